The van der Waals surface area contributed by atoms with Gasteiger partial charge in [0.25, 0.3) is 0 Å². The van der Waals surface area contributed by atoms with E-state index in [0.29, 0.717) is 17.4 Å². The summed E-state index contributed by atoms with van der Waals surface area (Å²) in [5.41, 5.74) is 5.35. The number of amides is 2. The van der Waals surface area contributed by atoms with Crippen LogP contribution in [0.1, 0.15) is 12.8 Å². The molecule has 1 aliphatic heterocycles. The van der Waals surface area contributed by atoms with Crippen LogP contribution in [0.5, 0.6) is 0 Å². The predicted octanol–water partition coefficient (Wildman–Crippen LogP) is 0.0579. The molecule has 0 spiro atoms. The van der Waals surface area contributed by atoms with Crippen molar-refractivity contribution in [2.75, 3.05) is 24.7 Å². The SMILES string of the molecule is NCCSSCCO[C](=[W])ON1C(=O)CCC1=O. The van der Waals surface area contributed by atoms with Crippen LogP contribution in [0.15, 0.2) is 0 Å². The van der Waals surface area contributed by atoms with Crippen LogP contribution in [0, 0.1) is 0 Å². The maximum atomic E-state index is 11.3. The van der Waals surface area contributed by atoms with Gasteiger partial charge in [-0.1, -0.05) is 0 Å². The van der Waals surface area contributed by atoms with Gasteiger partial charge in [0.2, 0.25) is 0 Å². The van der Waals surface area contributed by atoms with E-state index in [-0.39, 0.29) is 24.7 Å². The van der Waals surface area contributed by atoms with E-state index in [9.17, 15) is 9.59 Å². The van der Waals surface area contributed by atoms with Gasteiger partial charge < -0.3 is 0 Å². The van der Waals surface area contributed by atoms with E-state index in [1.54, 1.807) is 21.6 Å². The summed E-state index contributed by atoms with van der Waals surface area (Å²) in [4.78, 5) is 27.6. The summed E-state index contributed by atoms with van der Waals surface area (Å²) in [7, 11) is 3.36. The molecule has 0 saturated carbocycles. The van der Waals surface area contributed by atoms with Gasteiger partial charge in [0.15, 0.2) is 0 Å². The molecular formula is C9H14N2O4S2W. The van der Waals surface area contributed by atoms with E-state index in [1.165, 1.54) is 0 Å². The van der Waals surface area contributed by atoms with Crippen LogP contribution in [-0.2, 0) is 38.5 Å². The van der Waals surface area contributed by atoms with E-state index in [4.69, 9.17) is 15.3 Å². The average molecular weight is 462 g/mol. The topological polar surface area (TPSA) is 81.9 Å². The molecule has 0 aliphatic carbocycles. The number of hydrogen-bond donors (Lipinski definition) is 1. The molecule has 1 heterocycles. The predicted molar refractivity (Wildman–Crippen MR) is 67.1 cm³/mol. The Morgan fingerprint density at radius 3 is 2.50 bits per heavy atom. The Balaban J connectivity index is 2.10. The van der Waals surface area contributed by atoms with Crippen molar-refractivity contribution >= 4 is 37.7 Å². The molecule has 1 rings (SSSR count). The van der Waals surface area contributed by atoms with Gasteiger partial charge in [-0.2, -0.15) is 0 Å². The molecular weight excluding hydrogens is 448 g/mol. The first-order valence-corrected chi connectivity index (χ1v) is 9.25. The maximum absolute atomic E-state index is 11.3. The zero-order chi connectivity index (χ0) is 13.4. The van der Waals surface area contributed by atoms with E-state index in [2.05, 4.69) is 0 Å². The molecule has 102 valence electrons. The summed E-state index contributed by atoms with van der Waals surface area (Å²) >= 11 is 0.942. The summed E-state index contributed by atoms with van der Waals surface area (Å²) in [5, 5.41) is 0.790. The van der Waals surface area contributed by atoms with Crippen LogP contribution >= 0.6 is 21.6 Å². The van der Waals surface area contributed by atoms with Gasteiger partial charge in [-0.25, -0.2) is 0 Å². The molecule has 1 fully saturated rings. The standard InChI is InChI=1S/C9H14N2O4S2.W/c10-3-5-16-17-6-4-14-7-15-11-8(12)1-2-9(11)13;/h1-6,10H2;. The van der Waals surface area contributed by atoms with Crippen LogP contribution in [0.3, 0.4) is 0 Å². The molecule has 6 nitrogen and oxygen atoms in total. The van der Waals surface area contributed by atoms with Crippen molar-refractivity contribution in [3.63, 3.8) is 0 Å². The number of carbonyl (C=O) groups excluding carboxylic acids is 2. The van der Waals surface area contributed by atoms with Crippen molar-refractivity contribution in [2.45, 2.75) is 12.8 Å². The van der Waals surface area contributed by atoms with Crippen LogP contribution < -0.4 is 5.73 Å². The van der Waals surface area contributed by atoms with Crippen molar-refractivity contribution < 1.29 is 38.5 Å². The minimum absolute atomic E-state index is 0.215. The Morgan fingerprint density at radius 2 is 1.89 bits per heavy atom. The fourth-order valence-electron chi connectivity index (χ4n) is 1.08. The minimum atomic E-state index is -0.310. The summed E-state index contributed by atoms with van der Waals surface area (Å²) in [6, 6.07) is 0. The van der Waals surface area contributed by atoms with E-state index in [0.717, 1.165) is 35.9 Å². The third-order valence-corrected chi connectivity index (χ3v) is 4.94. The molecule has 9 heteroatoms. The average Bonchev–Trinajstić information content (AvgIpc) is 2.65. The van der Waals surface area contributed by atoms with Gasteiger partial charge in [0.1, 0.15) is 0 Å². The second-order valence-corrected chi connectivity index (χ2v) is 7.10. The number of hydroxylamine groups is 2. The van der Waals surface area contributed by atoms with Crippen molar-refractivity contribution in [3.05, 3.63) is 0 Å². The summed E-state index contributed by atoms with van der Waals surface area (Å²) in [5.74, 6) is 1.09. The second-order valence-electron chi connectivity index (χ2n) is 3.20. The second kappa shape index (κ2) is 9.22. The quantitative estimate of drug-likeness (QED) is 0.295. The normalized spacial score (nSPS) is 15.5. The number of nitrogens with zero attached hydrogens (tertiary/aromatic N) is 1. The van der Waals surface area contributed by atoms with Gasteiger partial charge in [0, 0.05) is 0 Å². The molecule has 1 saturated heterocycles. The number of ether oxygens (including phenoxy) is 1. The summed E-state index contributed by atoms with van der Waals surface area (Å²) < 4.78 is 5.60. The molecule has 0 aromatic rings. The van der Waals surface area contributed by atoms with Gasteiger partial charge >= 0.3 is 124 Å². The molecule has 0 radical (unpaired) electrons. The van der Waals surface area contributed by atoms with Crippen LogP contribution in [0.2, 0.25) is 0 Å². The molecule has 0 bridgehead atoms. The van der Waals surface area contributed by atoms with E-state index in [1.807, 2.05) is 0 Å². The third kappa shape index (κ3) is 5.95. The monoisotopic (exact) mass is 462 g/mol. The number of nitrogens with two attached hydrogens (primary N) is 1. The van der Waals surface area contributed by atoms with E-state index < -0.39 is 0 Å². The Hall–Kier alpha value is 0.278. The first-order chi connectivity index (χ1) is 8.65. The number of rotatable bonds is 9. The number of carbonyl (C=O) groups is 2. The Kier molecular flexibility index (Phi) is 8.37. The first kappa shape index (κ1) is 16.3. The zero-order valence-electron chi connectivity index (χ0n) is 9.62. The van der Waals surface area contributed by atoms with Crippen molar-refractivity contribution in [3.8, 4) is 0 Å². The summed E-state index contributed by atoms with van der Waals surface area (Å²) in [6.07, 6.45) is 0.431. The van der Waals surface area contributed by atoms with Crippen molar-refractivity contribution in [2.24, 2.45) is 5.73 Å². The fourth-order valence-corrected chi connectivity index (χ4v) is 3.33. The molecule has 0 aromatic carbocycles. The van der Waals surface area contributed by atoms with Gasteiger partial charge in [-0.3, -0.25) is 0 Å². The Morgan fingerprint density at radius 1 is 1.28 bits per heavy atom. The molecule has 0 atom stereocenters. The van der Waals surface area contributed by atoms with Crippen molar-refractivity contribution in [1.29, 1.82) is 0 Å². The molecule has 1 aliphatic rings. The van der Waals surface area contributed by atoms with Crippen LogP contribution in [0.4, 0.5) is 0 Å². The van der Waals surface area contributed by atoms with Crippen LogP contribution in [0.25, 0.3) is 0 Å². The van der Waals surface area contributed by atoms with Gasteiger partial charge in [-0.05, 0) is 0 Å². The molecule has 0 unspecified atom stereocenters. The third-order valence-electron chi connectivity index (χ3n) is 1.84. The number of hydrogen-bond acceptors (Lipinski definition) is 7. The first-order valence-electron chi connectivity index (χ1n) is 5.30. The molecule has 2 N–H and O–H groups in total. The molecule has 2 amide bonds. The van der Waals surface area contributed by atoms with Gasteiger partial charge in [0.05, 0.1) is 0 Å². The molecule has 0 aromatic heterocycles. The Bertz CT molecular complexity index is 314. The van der Waals surface area contributed by atoms with Crippen molar-refractivity contribution in [1.82, 2.24) is 5.06 Å². The number of imide groups is 1. The fraction of sp³-hybridized carbons (Fsp3) is 0.667. The van der Waals surface area contributed by atoms with E-state index >= 15 is 0 Å². The van der Waals surface area contributed by atoms with Gasteiger partial charge in [-0.15, -0.1) is 0 Å². The zero-order valence-corrected chi connectivity index (χ0v) is 14.2. The molecule has 18 heavy (non-hydrogen) atoms. The van der Waals surface area contributed by atoms with Crippen LogP contribution in [-0.4, -0.2) is 45.8 Å². The Labute approximate surface area is 124 Å². The summed E-state index contributed by atoms with van der Waals surface area (Å²) in [6.45, 7) is 1.15.